The lowest BCUT2D eigenvalue weighted by Gasteiger charge is -2.31. The van der Waals surface area contributed by atoms with Crippen LogP contribution < -0.4 is 10.3 Å². The molecule has 1 atom stereocenters. The van der Waals surface area contributed by atoms with Crippen molar-refractivity contribution in [2.45, 2.75) is 58.4 Å². The van der Waals surface area contributed by atoms with Crippen molar-refractivity contribution in [3.8, 4) is 0 Å². The number of benzene rings is 1. The summed E-state index contributed by atoms with van der Waals surface area (Å²) in [4.78, 5) is 39.3. The van der Waals surface area contributed by atoms with Gasteiger partial charge in [0.2, 0.25) is 5.91 Å². The number of hydrazone groups is 1. The van der Waals surface area contributed by atoms with Crippen LogP contribution in [0.1, 0.15) is 52.4 Å². The van der Waals surface area contributed by atoms with E-state index in [1.807, 2.05) is 30.3 Å². The molecule has 2 heterocycles. The third-order valence-corrected chi connectivity index (χ3v) is 5.88. The Morgan fingerprint density at radius 1 is 1.10 bits per heavy atom. The Bertz CT molecular complexity index is 785. The Labute approximate surface area is 178 Å². The van der Waals surface area contributed by atoms with Gasteiger partial charge in [-0.25, -0.2) is 0 Å². The third-order valence-electron chi connectivity index (χ3n) is 5.88. The number of hydrogen-bond donors (Lipinski definition) is 1. The number of nitrogens with one attached hydrogen (secondary N) is 1. The van der Waals surface area contributed by atoms with Gasteiger partial charge in [0.1, 0.15) is 11.8 Å². The second-order valence-corrected chi connectivity index (χ2v) is 8.12. The summed E-state index contributed by atoms with van der Waals surface area (Å²) in [5.74, 6) is -0.0689. The molecule has 30 heavy (non-hydrogen) atoms. The highest BCUT2D eigenvalue weighted by Crippen LogP contribution is 2.26. The molecule has 0 saturated carbocycles. The van der Waals surface area contributed by atoms with E-state index in [0.717, 1.165) is 31.5 Å². The molecule has 7 nitrogen and oxygen atoms in total. The van der Waals surface area contributed by atoms with Gasteiger partial charge in [-0.05, 0) is 38.3 Å². The number of nitrogens with zero attached hydrogens (tertiary/aromatic N) is 3. The highest BCUT2D eigenvalue weighted by atomic mass is 16.2. The molecule has 1 fully saturated rings. The maximum Gasteiger partial charge on any atom is 0.270 e. The smallest absolute Gasteiger partial charge is 0.270 e. The number of unbranched alkanes of at least 4 members (excludes halogenated alkanes) is 2. The molecule has 2 aliphatic heterocycles. The van der Waals surface area contributed by atoms with Gasteiger partial charge in [0.15, 0.2) is 5.78 Å². The molecule has 1 saturated heterocycles. The van der Waals surface area contributed by atoms with Crippen molar-refractivity contribution in [3.05, 3.63) is 30.3 Å². The van der Waals surface area contributed by atoms with E-state index >= 15 is 0 Å². The lowest BCUT2D eigenvalue weighted by Crippen LogP contribution is -2.45. The highest BCUT2D eigenvalue weighted by Gasteiger charge is 2.37. The van der Waals surface area contributed by atoms with Crippen molar-refractivity contribution in [1.82, 2.24) is 10.2 Å². The van der Waals surface area contributed by atoms with Crippen LogP contribution in [-0.4, -0.2) is 53.9 Å². The predicted octanol–water partition coefficient (Wildman–Crippen LogP) is 2.76. The largest absolute Gasteiger partial charge is 0.356 e. The van der Waals surface area contributed by atoms with Crippen molar-refractivity contribution in [2.24, 2.45) is 11.0 Å². The Hall–Kier alpha value is -2.70. The number of piperidine rings is 1. The normalized spacial score (nSPS) is 19.5. The zero-order valence-corrected chi connectivity index (χ0v) is 18.0. The minimum Gasteiger partial charge on any atom is -0.356 e. The SMILES string of the molecule is CCCCCNC(=O)C1CCN(C(=O)C2=NN(c3ccccc3)C(C(C)=O)C2)CC1. The van der Waals surface area contributed by atoms with Gasteiger partial charge in [0.05, 0.1) is 5.69 Å². The van der Waals surface area contributed by atoms with Crippen LogP contribution in [0.15, 0.2) is 35.4 Å². The quantitative estimate of drug-likeness (QED) is 0.666. The molecular formula is C23H32N4O3. The van der Waals surface area contributed by atoms with E-state index in [1.165, 1.54) is 6.92 Å². The van der Waals surface area contributed by atoms with E-state index in [4.69, 9.17) is 0 Å². The summed E-state index contributed by atoms with van der Waals surface area (Å²) in [7, 11) is 0. The fraction of sp³-hybridized carbons (Fsp3) is 0.565. The molecule has 3 rings (SSSR count). The summed E-state index contributed by atoms with van der Waals surface area (Å²) < 4.78 is 0. The Morgan fingerprint density at radius 3 is 2.43 bits per heavy atom. The number of rotatable bonds is 8. The molecule has 0 aromatic heterocycles. The van der Waals surface area contributed by atoms with Crippen LogP contribution in [0.2, 0.25) is 0 Å². The van der Waals surface area contributed by atoms with Crippen LogP contribution in [-0.2, 0) is 14.4 Å². The molecule has 0 spiro atoms. The fourth-order valence-electron chi connectivity index (χ4n) is 4.03. The first-order valence-corrected chi connectivity index (χ1v) is 11.0. The van der Waals surface area contributed by atoms with Crippen molar-refractivity contribution in [2.75, 3.05) is 24.6 Å². The average molecular weight is 413 g/mol. The maximum absolute atomic E-state index is 13.0. The topological polar surface area (TPSA) is 82.1 Å². The van der Waals surface area contributed by atoms with Crippen LogP contribution in [0.4, 0.5) is 5.69 Å². The van der Waals surface area contributed by atoms with Gasteiger partial charge in [-0.1, -0.05) is 38.0 Å². The lowest BCUT2D eigenvalue weighted by atomic mass is 9.95. The molecule has 0 aliphatic carbocycles. The highest BCUT2D eigenvalue weighted by molar-refractivity contribution is 6.40. The van der Waals surface area contributed by atoms with Crippen molar-refractivity contribution in [1.29, 1.82) is 0 Å². The van der Waals surface area contributed by atoms with Crippen LogP contribution in [0.3, 0.4) is 0 Å². The van der Waals surface area contributed by atoms with Crippen molar-refractivity contribution in [3.63, 3.8) is 0 Å². The summed E-state index contributed by atoms with van der Waals surface area (Å²) in [6.07, 6.45) is 4.91. The van der Waals surface area contributed by atoms with Crippen LogP contribution in [0.5, 0.6) is 0 Å². The first kappa shape index (κ1) is 22.0. The maximum atomic E-state index is 13.0. The number of Topliss-reactive ketones (excluding diaryl/α,β-unsaturated/α-hetero) is 1. The number of ketones is 1. The fourth-order valence-corrected chi connectivity index (χ4v) is 4.03. The molecule has 7 heteroatoms. The van der Waals surface area contributed by atoms with E-state index in [1.54, 1.807) is 9.91 Å². The Kier molecular flexibility index (Phi) is 7.60. The third kappa shape index (κ3) is 5.26. The van der Waals surface area contributed by atoms with E-state index in [-0.39, 0.29) is 23.5 Å². The van der Waals surface area contributed by atoms with Gasteiger partial charge in [-0.2, -0.15) is 5.10 Å². The molecule has 1 unspecified atom stereocenters. The van der Waals surface area contributed by atoms with E-state index < -0.39 is 6.04 Å². The summed E-state index contributed by atoms with van der Waals surface area (Å²) in [5.41, 5.74) is 1.22. The number of anilines is 1. The molecule has 2 amide bonds. The molecule has 1 aromatic rings. The van der Waals surface area contributed by atoms with Gasteiger partial charge >= 0.3 is 0 Å². The number of likely N-dealkylation sites (tertiary alicyclic amines) is 1. The van der Waals surface area contributed by atoms with Crippen LogP contribution >= 0.6 is 0 Å². The predicted molar refractivity (Wildman–Crippen MR) is 117 cm³/mol. The molecule has 0 bridgehead atoms. The molecule has 1 aromatic carbocycles. The minimum atomic E-state index is -0.446. The van der Waals surface area contributed by atoms with Gasteiger partial charge in [0.25, 0.3) is 5.91 Å². The Balaban J connectivity index is 1.57. The monoisotopic (exact) mass is 412 g/mol. The minimum absolute atomic E-state index is 0.0103. The number of para-hydroxylation sites is 1. The first-order valence-electron chi connectivity index (χ1n) is 11.0. The molecule has 162 valence electrons. The zero-order valence-electron chi connectivity index (χ0n) is 18.0. The van der Waals surface area contributed by atoms with Crippen LogP contribution in [0.25, 0.3) is 0 Å². The lowest BCUT2D eigenvalue weighted by molar-refractivity contribution is -0.131. The van der Waals surface area contributed by atoms with Gasteiger partial charge in [-0.15, -0.1) is 0 Å². The summed E-state index contributed by atoms with van der Waals surface area (Å²) in [6.45, 7) is 5.49. The van der Waals surface area contributed by atoms with Crippen LogP contribution in [0, 0.1) is 5.92 Å². The number of carbonyl (C=O) groups is 3. The first-order chi connectivity index (χ1) is 14.5. The second kappa shape index (κ2) is 10.4. The Morgan fingerprint density at radius 2 is 1.80 bits per heavy atom. The number of hydrogen-bond acceptors (Lipinski definition) is 5. The second-order valence-electron chi connectivity index (χ2n) is 8.12. The van der Waals surface area contributed by atoms with Gasteiger partial charge in [-0.3, -0.25) is 19.4 Å². The summed E-state index contributed by atoms with van der Waals surface area (Å²) in [5, 5.41) is 9.18. The molecule has 2 aliphatic rings. The van der Waals surface area contributed by atoms with Crippen molar-refractivity contribution < 1.29 is 14.4 Å². The standard InChI is InChI=1S/C23H32N4O3/c1-3-4-8-13-24-22(29)18-11-14-26(15-12-18)23(30)20-16-21(17(2)28)27(25-20)19-9-6-5-7-10-19/h5-7,9-10,18,21H,3-4,8,11-16H2,1-2H3,(H,24,29). The van der Waals surface area contributed by atoms with Gasteiger partial charge < -0.3 is 10.2 Å². The molecule has 1 N–H and O–H groups in total. The number of amides is 2. The molecular weight excluding hydrogens is 380 g/mol. The van der Waals surface area contributed by atoms with E-state index in [9.17, 15) is 14.4 Å². The van der Waals surface area contributed by atoms with Gasteiger partial charge in [0, 0.05) is 32.0 Å². The number of carbonyl (C=O) groups excluding carboxylic acids is 3. The van der Waals surface area contributed by atoms with Crippen molar-refractivity contribution >= 4 is 29.0 Å². The summed E-state index contributed by atoms with van der Waals surface area (Å²) in [6, 6.07) is 9.01. The average Bonchev–Trinajstić information content (AvgIpc) is 3.23. The van der Waals surface area contributed by atoms with E-state index in [2.05, 4.69) is 17.3 Å². The summed E-state index contributed by atoms with van der Waals surface area (Å²) >= 11 is 0. The zero-order chi connectivity index (χ0) is 21.5. The molecule has 0 radical (unpaired) electrons. The van der Waals surface area contributed by atoms with E-state index in [0.29, 0.717) is 38.1 Å².